The van der Waals surface area contributed by atoms with Crippen LogP contribution >= 0.6 is 0 Å². The first-order chi connectivity index (χ1) is 7.13. The molecule has 1 aromatic rings. The molecule has 0 bridgehead atoms. The van der Waals surface area contributed by atoms with Crippen molar-refractivity contribution in [2.24, 2.45) is 0 Å². The lowest BCUT2D eigenvalue weighted by molar-refractivity contribution is 0.0294. The van der Waals surface area contributed by atoms with Gasteiger partial charge in [0.15, 0.2) is 0 Å². The Morgan fingerprint density at radius 3 is 2.93 bits per heavy atom. The molecule has 0 saturated heterocycles. The minimum Gasteiger partial charge on any atom is -0.507 e. The normalized spacial score (nSPS) is 19.3. The number of carbonyl (C=O) groups is 1. The summed E-state index contributed by atoms with van der Waals surface area (Å²) in [6.45, 7) is 1.81. The van der Waals surface area contributed by atoms with E-state index < -0.39 is 5.97 Å². The Balaban J connectivity index is 2.61. The zero-order valence-corrected chi connectivity index (χ0v) is 8.61. The van der Waals surface area contributed by atoms with Crippen LogP contribution in [0.5, 0.6) is 11.5 Å². The lowest BCUT2D eigenvalue weighted by atomic mass is 9.97. The van der Waals surface area contributed by atoms with Crippen LogP contribution in [-0.4, -0.2) is 24.3 Å². The Labute approximate surface area is 87.4 Å². The number of cyclic esters (lactones) is 1. The third kappa shape index (κ3) is 1.52. The fourth-order valence-electron chi connectivity index (χ4n) is 1.81. The Kier molecular flexibility index (Phi) is 2.26. The summed E-state index contributed by atoms with van der Waals surface area (Å²) in [5, 5.41) is 9.58. The predicted molar refractivity (Wildman–Crippen MR) is 53.2 cm³/mol. The van der Waals surface area contributed by atoms with Gasteiger partial charge in [0, 0.05) is 12.0 Å². The van der Waals surface area contributed by atoms with Crippen LogP contribution in [0.4, 0.5) is 0 Å². The maximum absolute atomic E-state index is 11.5. The molecule has 1 heterocycles. The smallest absolute Gasteiger partial charge is 0.342 e. The number of benzene rings is 1. The molecule has 0 amide bonds. The Morgan fingerprint density at radius 2 is 2.27 bits per heavy atom. The molecule has 1 aliphatic heterocycles. The second-order valence-electron chi connectivity index (χ2n) is 3.56. The number of ether oxygens (including phenoxy) is 2. The fourth-order valence-corrected chi connectivity index (χ4v) is 1.81. The van der Waals surface area contributed by atoms with Crippen molar-refractivity contribution < 1.29 is 19.4 Å². The van der Waals surface area contributed by atoms with Crippen LogP contribution in [0, 0.1) is 0 Å². The minimum absolute atomic E-state index is 0.0531. The van der Waals surface area contributed by atoms with Crippen LogP contribution in [0.2, 0.25) is 0 Å². The third-order valence-electron chi connectivity index (χ3n) is 2.47. The van der Waals surface area contributed by atoms with Gasteiger partial charge >= 0.3 is 5.97 Å². The third-order valence-corrected chi connectivity index (χ3v) is 2.47. The molecule has 80 valence electrons. The number of phenolic OH excluding ortho intramolecular Hbond substituents is 1. The topological polar surface area (TPSA) is 55.8 Å². The molecule has 0 saturated carbocycles. The molecule has 0 unspecified atom stereocenters. The number of esters is 1. The van der Waals surface area contributed by atoms with Gasteiger partial charge in [-0.15, -0.1) is 0 Å². The van der Waals surface area contributed by atoms with Gasteiger partial charge < -0.3 is 14.6 Å². The number of carbonyl (C=O) groups excluding carboxylic acids is 1. The lowest BCUT2D eigenvalue weighted by Gasteiger charge is -2.23. The van der Waals surface area contributed by atoms with E-state index in [9.17, 15) is 9.90 Å². The van der Waals surface area contributed by atoms with Gasteiger partial charge in [-0.1, -0.05) is 0 Å². The molecule has 1 N–H and O–H groups in total. The first-order valence-corrected chi connectivity index (χ1v) is 4.73. The van der Waals surface area contributed by atoms with Crippen molar-refractivity contribution in [3.63, 3.8) is 0 Å². The summed E-state index contributed by atoms with van der Waals surface area (Å²) in [5.74, 6) is 0.0779. The highest BCUT2D eigenvalue weighted by molar-refractivity contribution is 5.96. The van der Waals surface area contributed by atoms with Crippen molar-refractivity contribution in [3.8, 4) is 11.5 Å². The molecular weight excluding hydrogens is 196 g/mol. The zero-order chi connectivity index (χ0) is 11.0. The Hall–Kier alpha value is -1.71. The lowest BCUT2D eigenvalue weighted by Crippen LogP contribution is -2.25. The van der Waals surface area contributed by atoms with E-state index in [-0.39, 0.29) is 17.4 Å². The predicted octanol–water partition coefficient (Wildman–Crippen LogP) is 1.50. The molecule has 0 aliphatic carbocycles. The van der Waals surface area contributed by atoms with Gasteiger partial charge in [-0.3, -0.25) is 0 Å². The average molecular weight is 208 g/mol. The molecule has 2 rings (SSSR count). The van der Waals surface area contributed by atoms with Gasteiger partial charge in [-0.2, -0.15) is 0 Å². The molecule has 1 atom stereocenters. The second-order valence-corrected chi connectivity index (χ2v) is 3.56. The van der Waals surface area contributed by atoms with Gasteiger partial charge in [0.25, 0.3) is 0 Å². The van der Waals surface area contributed by atoms with E-state index in [0.29, 0.717) is 12.2 Å². The number of methoxy groups -OCH3 is 1. The van der Waals surface area contributed by atoms with E-state index in [1.54, 1.807) is 6.07 Å². The Bertz CT molecular complexity index is 411. The zero-order valence-electron chi connectivity index (χ0n) is 8.61. The molecule has 4 heteroatoms. The second kappa shape index (κ2) is 3.46. The minimum atomic E-state index is -0.486. The highest BCUT2D eigenvalue weighted by Gasteiger charge is 2.29. The summed E-state index contributed by atoms with van der Waals surface area (Å²) in [6.07, 6.45) is 0.388. The standard InChI is InChI=1S/C11H12O4/c1-6-5-7-9(14-2)4-3-8(12)10(7)11(13)15-6/h3-4,6,12H,5H2,1-2H3/t6-/m1/s1. The average Bonchev–Trinajstić information content (AvgIpc) is 2.17. The number of rotatable bonds is 1. The van der Waals surface area contributed by atoms with E-state index in [1.165, 1.54) is 13.2 Å². The SMILES string of the molecule is COc1ccc(O)c2c1C[C@@H](C)OC2=O. The summed E-state index contributed by atoms with van der Waals surface area (Å²) in [4.78, 5) is 11.5. The van der Waals surface area contributed by atoms with Crippen LogP contribution in [0.3, 0.4) is 0 Å². The van der Waals surface area contributed by atoms with Crippen LogP contribution in [0.15, 0.2) is 12.1 Å². The molecule has 4 nitrogen and oxygen atoms in total. The van der Waals surface area contributed by atoms with Crippen molar-refractivity contribution in [1.82, 2.24) is 0 Å². The first-order valence-electron chi connectivity index (χ1n) is 4.73. The van der Waals surface area contributed by atoms with E-state index in [4.69, 9.17) is 9.47 Å². The van der Waals surface area contributed by atoms with E-state index in [0.717, 1.165) is 5.56 Å². The molecule has 1 aliphatic rings. The van der Waals surface area contributed by atoms with Crippen molar-refractivity contribution in [2.45, 2.75) is 19.4 Å². The van der Waals surface area contributed by atoms with Gasteiger partial charge in [0.05, 0.1) is 7.11 Å². The summed E-state index contributed by atoms with van der Waals surface area (Å²) in [6, 6.07) is 3.09. The Morgan fingerprint density at radius 1 is 1.53 bits per heavy atom. The van der Waals surface area contributed by atoms with E-state index in [1.807, 2.05) is 6.92 Å². The molecule has 15 heavy (non-hydrogen) atoms. The molecule has 0 aromatic heterocycles. The summed E-state index contributed by atoms with van der Waals surface area (Å²) >= 11 is 0. The van der Waals surface area contributed by atoms with Gasteiger partial charge in [0.2, 0.25) is 0 Å². The fraction of sp³-hybridized carbons (Fsp3) is 0.364. The van der Waals surface area contributed by atoms with Crippen molar-refractivity contribution in [3.05, 3.63) is 23.3 Å². The summed E-state index contributed by atoms with van der Waals surface area (Å²) in [5.41, 5.74) is 0.953. The number of fused-ring (bicyclic) bond motifs is 1. The quantitative estimate of drug-likeness (QED) is 0.710. The monoisotopic (exact) mass is 208 g/mol. The molecule has 0 fully saturated rings. The molecule has 1 aromatic carbocycles. The molecular formula is C11H12O4. The molecule has 0 radical (unpaired) electrons. The van der Waals surface area contributed by atoms with Crippen LogP contribution in [0.1, 0.15) is 22.8 Å². The van der Waals surface area contributed by atoms with E-state index >= 15 is 0 Å². The number of hydrogen-bond donors (Lipinski definition) is 1. The van der Waals surface area contributed by atoms with Gasteiger partial charge in [-0.25, -0.2) is 4.79 Å². The van der Waals surface area contributed by atoms with Crippen molar-refractivity contribution >= 4 is 5.97 Å². The largest absolute Gasteiger partial charge is 0.507 e. The maximum atomic E-state index is 11.5. The number of hydrogen-bond acceptors (Lipinski definition) is 4. The number of aromatic hydroxyl groups is 1. The van der Waals surface area contributed by atoms with Gasteiger partial charge in [-0.05, 0) is 19.1 Å². The summed E-state index contributed by atoms with van der Waals surface area (Å²) < 4.78 is 10.2. The highest BCUT2D eigenvalue weighted by atomic mass is 16.5. The van der Waals surface area contributed by atoms with Gasteiger partial charge in [0.1, 0.15) is 23.2 Å². The summed E-state index contributed by atoms with van der Waals surface area (Å²) in [7, 11) is 1.54. The highest BCUT2D eigenvalue weighted by Crippen LogP contribution is 2.34. The van der Waals surface area contributed by atoms with Crippen molar-refractivity contribution in [1.29, 1.82) is 0 Å². The van der Waals surface area contributed by atoms with Crippen LogP contribution < -0.4 is 4.74 Å². The van der Waals surface area contributed by atoms with Crippen molar-refractivity contribution in [2.75, 3.05) is 7.11 Å². The maximum Gasteiger partial charge on any atom is 0.342 e. The number of phenols is 1. The van der Waals surface area contributed by atoms with Crippen LogP contribution in [-0.2, 0) is 11.2 Å². The molecule has 0 spiro atoms. The van der Waals surface area contributed by atoms with E-state index in [2.05, 4.69) is 0 Å². The first kappa shape index (κ1) is 9.83. The van der Waals surface area contributed by atoms with Crippen LogP contribution in [0.25, 0.3) is 0 Å².